The summed E-state index contributed by atoms with van der Waals surface area (Å²) in [4.78, 5) is 50.9. The van der Waals surface area contributed by atoms with Crippen LogP contribution in [0.4, 0.5) is 23.2 Å². The molecule has 0 spiro atoms. The number of halogens is 4. The number of alkyl halides is 3. The second-order valence-corrected chi connectivity index (χ2v) is 8.90. The van der Waals surface area contributed by atoms with Gasteiger partial charge in [0.2, 0.25) is 6.41 Å². The summed E-state index contributed by atoms with van der Waals surface area (Å²) in [7, 11) is 4.20. The molecule has 13 heteroatoms. The van der Waals surface area contributed by atoms with Crippen LogP contribution in [0.1, 0.15) is 29.2 Å². The summed E-state index contributed by atoms with van der Waals surface area (Å²) in [5.74, 6) is -3.82. The van der Waals surface area contributed by atoms with Crippen molar-refractivity contribution in [1.82, 2.24) is 14.0 Å². The molecule has 2 amide bonds. The number of carbonyl (C=O) groups is 3. The minimum atomic E-state index is -4.64. The molecule has 3 aromatic rings. The van der Waals surface area contributed by atoms with Crippen molar-refractivity contribution in [3.05, 3.63) is 75.1 Å². The molecule has 0 bridgehead atoms. The average molecular weight is 534 g/mol. The topological polar surface area (TPSA) is 105 Å². The molecule has 1 aliphatic rings. The lowest BCUT2D eigenvalue weighted by Crippen LogP contribution is -2.36. The first kappa shape index (κ1) is 26.6. The number of aromatic nitrogens is 2. The number of rotatable bonds is 6. The van der Waals surface area contributed by atoms with E-state index >= 15 is 0 Å². The molecule has 1 aliphatic carbocycles. The van der Waals surface area contributed by atoms with Crippen LogP contribution in [-0.2, 0) is 41.1 Å². The number of hydrogen-bond acceptors (Lipinski definition) is 5. The van der Waals surface area contributed by atoms with E-state index in [1.165, 1.54) is 42.4 Å². The van der Waals surface area contributed by atoms with E-state index < -0.39 is 46.7 Å². The molecule has 38 heavy (non-hydrogen) atoms. The van der Waals surface area contributed by atoms with E-state index in [1.807, 2.05) is 0 Å². The highest BCUT2D eigenvalue weighted by Crippen LogP contribution is 2.42. The van der Waals surface area contributed by atoms with Crippen molar-refractivity contribution in [2.45, 2.75) is 25.1 Å². The van der Waals surface area contributed by atoms with Gasteiger partial charge < -0.3 is 10.0 Å². The number of imidazole rings is 1. The molecule has 0 aliphatic heterocycles. The van der Waals surface area contributed by atoms with Gasteiger partial charge in [-0.05, 0) is 36.1 Å². The van der Waals surface area contributed by atoms with Crippen molar-refractivity contribution in [2.24, 2.45) is 14.1 Å². The number of carboxylic acids is 1. The van der Waals surface area contributed by atoms with Crippen LogP contribution < -0.4 is 10.6 Å². The van der Waals surface area contributed by atoms with Gasteiger partial charge in [0.15, 0.2) is 0 Å². The predicted octanol–water partition coefficient (Wildman–Crippen LogP) is 3.11. The highest BCUT2D eigenvalue weighted by molar-refractivity contribution is 6.18. The summed E-state index contributed by atoms with van der Waals surface area (Å²) in [5, 5.41) is 9.75. The molecule has 1 aromatic heterocycles. The van der Waals surface area contributed by atoms with Gasteiger partial charge in [-0.15, -0.1) is 0 Å². The van der Waals surface area contributed by atoms with Gasteiger partial charge in [-0.25, -0.2) is 14.0 Å². The third-order valence-corrected chi connectivity index (χ3v) is 6.73. The Hall–Kier alpha value is -4.42. The van der Waals surface area contributed by atoms with Crippen LogP contribution in [0.5, 0.6) is 0 Å². The zero-order valence-electron chi connectivity index (χ0n) is 20.4. The second-order valence-electron chi connectivity index (χ2n) is 8.90. The largest absolute Gasteiger partial charge is 0.477 e. The first-order chi connectivity index (χ1) is 17.8. The van der Waals surface area contributed by atoms with Crippen LogP contribution in [0.25, 0.3) is 11.0 Å². The third kappa shape index (κ3) is 4.33. The van der Waals surface area contributed by atoms with Crippen molar-refractivity contribution in [2.75, 3.05) is 11.9 Å². The van der Waals surface area contributed by atoms with Gasteiger partial charge in [0.25, 0.3) is 5.91 Å². The number of fused-ring (bicyclic) bond motifs is 2. The molecular formula is C25H22F4N4O5. The molecule has 1 N–H and O–H groups in total. The number of nitrogens with zero attached hydrogens (tertiary/aromatic N) is 4. The normalized spacial score (nSPS) is 15.4. The van der Waals surface area contributed by atoms with Crippen LogP contribution in [0.3, 0.4) is 0 Å². The van der Waals surface area contributed by atoms with Gasteiger partial charge in [0.05, 0.1) is 28.3 Å². The summed E-state index contributed by atoms with van der Waals surface area (Å²) >= 11 is 0. The Balaban J connectivity index is 1.72. The first-order valence-electron chi connectivity index (χ1n) is 11.3. The minimum Gasteiger partial charge on any atom is -0.477 e. The molecular weight excluding hydrogens is 512 g/mol. The third-order valence-electron chi connectivity index (χ3n) is 6.73. The lowest BCUT2D eigenvalue weighted by molar-refractivity contribution is -0.142. The van der Waals surface area contributed by atoms with Crippen LogP contribution >= 0.6 is 0 Å². The van der Waals surface area contributed by atoms with Gasteiger partial charge in [-0.1, -0.05) is 12.1 Å². The number of amides is 2. The fourth-order valence-electron chi connectivity index (χ4n) is 4.83. The molecule has 4 rings (SSSR count). The Morgan fingerprint density at radius 2 is 1.76 bits per heavy atom. The maximum absolute atomic E-state index is 14.9. The first-order valence-corrected chi connectivity index (χ1v) is 11.3. The fraction of sp³-hybridized carbons (Fsp3) is 0.280. The molecule has 0 fully saturated rings. The number of aryl methyl sites for hydroxylation is 2. The molecule has 2 aromatic carbocycles. The summed E-state index contributed by atoms with van der Waals surface area (Å²) < 4.78 is 57.7. The number of imide groups is 1. The van der Waals surface area contributed by atoms with Gasteiger partial charge in [0.1, 0.15) is 11.4 Å². The molecule has 0 saturated carbocycles. The monoisotopic (exact) mass is 534 g/mol. The van der Waals surface area contributed by atoms with Crippen molar-refractivity contribution in [3.8, 4) is 0 Å². The van der Waals surface area contributed by atoms with Gasteiger partial charge in [0, 0.05) is 33.4 Å². The minimum absolute atomic E-state index is 0.0248. The van der Waals surface area contributed by atoms with E-state index in [1.54, 1.807) is 0 Å². The standard InChI is InChI=1S/C25H22F4N4O5/c1-30(19-10-21-20(9-17(19)26)31(2)24(38)32(21)3)11-15(23(36)37)22(35)33(12-34)18-8-7-13-14(18)5-4-6-16(13)25(27,28)29/h4-6,9-12,18H,7-8H2,1-3H3,(H,36,37)/b15-11+. The molecule has 9 nitrogen and oxygen atoms in total. The molecule has 1 heterocycles. The number of carbonyl (C=O) groups excluding carboxylic acids is 2. The summed E-state index contributed by atoms with van der Waals surface area (Å²) in [6.45, 7) is 0. The van der Waals surface area contributed by atoms with Crippen molar-refractivity contribution >= 4 is 35.0 Å². The van der Waals surface area contributed by atoms with Crippen LogP contribution in [0, 0.1) is 5.82 Å². The van der Waals surface area contributed by atoms with Gasteiger partial charge >= 0.3 is 17.8 Å². The smallest absolute Gasteiger partial charge is 0.416 e. The van der Waals surface area contributed by atoms with Crippen molar-refractivity contribution < 1.29 is 37.1 Å². The highest BCUT2D eigenvalue weighted by Gasteiger charge is 2.40. The highest BCUT2D eigenvalue weighted by atomic mass is 19.4. The molecule has 200 valence electrons. The average Bonchev–Trinajstić information content (AvgIpc) is 3.36. The van der Waals surface area contributed by atoms with E-state index in [2.05, 4.69) is 0 Å². The molecule has 0 saturated heterocycles. The SMILES string of the molecule is CN(/C=C(/C(=O)O)C(=O)N(C=O)C1CCc2c1cccc2C(F)(F)F)c1cc2c(cc1F)n(C)c(=O)n2C. The van der Waals surface area contributed by atoms with Gasteiger partial charge in [-0.3, -0.25) is 23.6 Å². The lowest BCUT2D eigenvalue weighted by Gasteiger charge is -2.25. The predicted molar refractivity (Wildman–Crippen MR) is 128 cm³/mol. The maximum atomic E-state index is 14.9. The summed E-state index contributed by atoms with van der Waals surface area (Å²) in [6.07, 6.45) is -3.85. The Labute approximate surface area is 212 Å². The Kier molecular flexibility index (Phi) is 6.64. The van der Waals surface area contributed by atoms with E-state index in [0.29, 0.717) is 10.4 Å². The zero-order valence-corrected chi connectivity index (χ0v) is 20.4. The van der Waals surface area contributed by atoms with E-state index in [0.717, 1.165) is 29.3 Å². The maximum Gasteiger partial charge on any atom is 0.416 e. The van der Waals surface area contributed by atoms with E-state index in [-0.39, 0.29) is 41.6 Å². The van der Waals surface area contributed by atoms with E-state index in [9.17, 15) is 41.8 Å². The molecule has 0 radical (unpaired) electrons. The summed E-state index contributed by atoms with van der Waals surface area (Å²) in [5.41, 5.74) is -1.71. The van der Waals surface area contributed by atoms with Crippen LogP contribution in [0.2, 0.25) is 0 Å². The zero-order chi connectivity index (χ0) is 28.1. The van der Waals surface area contributed by atoms with Crippen LogP contribution in [-0.4, -0.2) is 44.5 Å². The Morgan fingerprint density at radius 1 is 1.13 bits per heavy atom. The second kappa shape index (κ2) is 9.47. The van der Waals surface area contributed by atoms with E-state index in [4.69, 9.17) is 0 Å². The quantitative estimate of drug-likeness (QED) is 0.171. The number of carboxylic acid groups (broad SMARTS) is 1. The number of hydrogen-bond donors (Lipinski definition) is 1. The van der Waals surface area contributed by atoms with Crippen molar-refractivity contribution in [1.29, 1.82) is 0 Å². The lowest BCUT2D eigenvalue weighted by atomic mass is 10.0. The Morgan fingerprint density at radius 3 is 2.34 bits per heavy atom. The van der Waals surface area contributed by atoms with Gasteiger partial charge in [-0.2, -0.15) is 13.2 Å². The Bertz CT molecular complexity index is 1570. The molecule has 1 unspecified atom stereocenters. The number of aliphatic carboxylic acids is 1. The molecule has 1 atom stereocenters. The van der Waals surface area contributed by atoms with Crippen molar-refractivity contribution in [3.63, 3.8) is 0 Å². The summed E-state index contributed by atoms with van der Waals surface area (Å²) in [6, 6.07) is 4.69. The van der Waals surface area contributed by atoms with Crippen LogP contribution in [0.15, 0.2) is 46.9 Å². The fourth-order valence-corrected chi connectivity index (χ4v) is 4.83. The number of anilines is 1. The number of benzene rings is 2.